The molecule has 0 N–H and O–H groups in total. The smallest absolute Gasteiger partial charge is 0.188 e. The SMILES string of the molecule is Cc1ccc2sc(-c3cccc(F)c3)cc(=O)c2c1. The third-order valence-electron chi connectivity index (χ3n) is 2.99. The number of hydrogen-bond donors (Lipinski definition) is 0. The van der Waals surface area contributed by atoms with Gasteiger partial charge in [0.25, 0.3) is 0 Å². The summed E-state index contributed by atoms with van der Waals surface area (Å²) in [6, 6.07) is 13.7. The van der Waals surface area contributed by atoms with E-state index >= 15 is 0 Å². The lowest BCUT2D eigenvalue weighted by atomic mass is 10.1. The van der Waals surface area contributed by atoms with Crippen LogP contribution in [-0.2, 0) is 0 Å². The maximum absolute atomic E-state index is 13.2. The highest BCUT2D eigenvalue weighted by atomic mass is 32.1. The van der Waals surface area contributed by atoms with Gasteiger partial charge in [0.2, 0.25) is 0 Å². The van der Waals surface area contributed by atoms with Crippen LogP contribution in [0.5, 0.6) is 0 Å². The van der Waals surface area contributed by atoms with E-state index in [4.69, 9.17) is 0 Å². The van der Waals surface area contributed by atoms with E-state index in [1.165, 1.54) is 23.5 Å². The lowest BCUT2D eigenvalue weighted by Crippen LogP contribution is -1.99. The monoisotopic (exact) mass is 270 g/mol. The molecular formula is C16H11FOS. The molecule has 0 unspecified atom stereocenters. The normalized spacial score (nSPS) is 10.8. The molecule has 1 nitrogen and oxygen atoms in total. The third kappa shape index (κ3) is 2.29. The van der Waals surface area contributed by atoms with Crippen molar-refractivity contribution in [1.82, 2.24) is 0 Å². The van der Waals surface area contributed by atoms with Gasteiger partial charge in [-0.25, -0.2) is 4.39 Å². The van der Waals surface area contributed by atoms with Crippen LogP contribution in [0, 0.1) is 12.7 Å². The minimum absolute atomic E-state index is 0.0169. The first-order valence-electron chi connectivity index (χ1n) is 5.94. The number of hydrogen-bond acceptors (Lipinski definition) is 2. The van der Waals surface area contributed by atoms with E-state index in [0.717, 1.165) is 26.1 Å². The van der Waals surface area contributed by atoms with Gasteiger partial charge in [0.15, 0.2) is 5.43 Å². The van der Waals surface area contributed by atoms with Crippen LogP contribution in [0.4, 0.5) is 4.39 Å². The number of halogens is 1. The second-order valence-electron chi connectivity index (χ2n) is 4.48. The van der Waals surface area contributed by atoms with Crippen molar-refractivity contribution in [3.63, 3.8) is 0 Å². The Morgan fingerprint density at radius 2 is 1.89 bits per heavy atom. The van der Waals surface area contributed by atoms with E-state index in [2.05, 4.69) is 0 Å². The Morgan fingerprint density at radius 3 is 2.68 bits per heavy atom. The van der Waals surface area contributed by atoms with Gasteiger partial charge in [0.05, 0.1) is 0 Å². The predicted molar refractivity (Wildman–Crippen MR) is 78.2 cm³/mol. The Labute approximate surface area is 114 Å². The number of rotatable bonds is 1. The number of fused-ring (bicyclic) bond motifs is 1. The minimum atomic E-state index is -0.291. The summed E-state index contributed by atoms with van der Waals surface area (Å²) >= 11 is 1.50. The second kappa shape index (κ2) is 4.59. The van der Waals surface area contributed by atoms with Gasteiger partial charge in [0, 0.05) is 21.0 Å². The zero-order chi connectivity index (χ0) is 13.4. The number of benzene rings is 2. The van der Waals surface area contributed by atoms with Gasteiger partial charge >= 0.3 is 0 Å². The van der Waals surface area contributed by atoms with E-state index in [9.17, 15) is 9.18 Å². The van der Waals surface area contributed by atoms with Crippen LogP contribution in [0.25, 0.3) is 20.5 Å². The van der Waals surface area contributed by atoms with Crippen molar-refractivity contribution in [2.24, 2.45) is 0 Å². The van der Waals surface area contributed by atoms with Crippen LogP contribution in [0.2, 0.25) is 0 Å². The van der Waals surface area contributed by atoms with Crippen LogP contribution in [0.3, 0.4) is 0 Å². The molecule has 0 saturated carbocycles. The highest BCUT2D eigenvalue weighted by Gasteiger charge is 2.06. The molecule has 19 heavy (non-hydrogen) atoms. The van der Waals surface area contributed by atoms with Crippen LogP contribution in [0.15, 0.2) is 53.3 Å². The van der Waals surface area contributed by atoms with Crippen molar-refractivity contribution in [3.8, 4) is 10.4 Å². The molecule has 0 amide bonds. The summed E-state index contributed by atoms with van der Waals surface area (Å²) in [7, 11) is 0. The average molecular weight is 270 g/mol. The summed E-state index contributed by atoms with van der Waals surface area (Å²) in [5.41, 5.74) is 1.79. The Hall–Kier alpha value is -2.00. The maximum atomic E-state index is 13.2. The van der Waals surface area contributed by atoms with Gasteiger partial charge in [-0.1, -0.05) is 23.8 Å². The molecule has 0 fully saturated rings. The van der Waals surface area contributed by atoms with E-state index in [1.807, 2.05) is 31.2 Å². The van der Waals surface area contributed by atoms with Crippen molar-refractivity contribution in [1.29, 1.82) is 0 Å². The predicted octanol–water partition coefficient (Wildman–Crippen LogP) is 4.38. The molecule has 0 aliphatic heterocycles. The Kier molecular flexibility index (Phi) is 2.91. The first-order chi connectivity index (χ1) is 9.13. The second-order valence-corrected chi connectivity index (χ2v) is 5.57. The minimum Gasteiger partial charge on any atom is -0.289 e. The quantitative estimate of drug-likeness (QED) is 0.641. The summed E-state index contributed by atoms with van der Waals surface area (Å²) in [4.78, 5) is 12.9. The molecule has 94 valence electrons. The molecule has 1 heterocycles. The van der Waals surface area contributed by atoms with Crippen LogP contribution in [-0.4, -0.2) is 0 Å². The molecule has 0 saturated heterocycles. The first-order valence-corrected chi connectivity index (χ1v) is 6.75. The fourth-order valence-electron chi connectivity index (χ4n) is 2.05. The van der Waals surface area contributed by atoms with Gasteiger partial charge in [-0.05, 0) is 36.8 Å². The molecule has 0 spiro atoms. The lowest BCUT2D eigenvalue weighted by molar-refractivity contribution is 0.628. The molecule has 3 heteroatoms. The zero-order valence-corrected chi connectivity index (χ0v) is 11.1. The Bertz CT molecular complexity index is 820. The van der Waals surface area contributed by atoms with E-state index in [0.29, 0.717) is 0 Å². The summed E-state index contributed by atoms with van der Waals surface area (Å²) in [5.74, 6) is -0.291. The van der Waals surface area contributed by atoms with Crippen molar-refractivity contribution in [2.75, 3.05) is 0 Å². The molecule has 3 rings (SSSR count). The van der Waals surface area contributed by atoms with Gasteiger partial charge < -0.3 is 0 Å². The molecule has 0 aliphatic rings. The topological polar surface area (TPSA) is 17.1 Å². The lowest BCUT2D eigenvalue weighted by Gasteiger charge is -2.03. The largest absolute Gasteiger partial charge is 0.289 e. The average Bonchev–Trinajstić information content (AvgIpc) is 2.39. The van der Waals surface area contributed by atoms with Gasteiger partial charge in [-0.3, -0.25) is 4.79 Å². The molecule has 0 atom stereocenters. The molecule has 0 bridgehead atoms. The van der Waals surface area contributed by atoms with Crippen molar-refractivity contribution in [3.05, 3.63) is 70.1 Å². The van der Waals surface area contributed by atoms with Gasteiger partial charge in [-0.2, -0.15) is 0 Å². The Morgan fingerprint density at radius 1 is 1.05 bits per heavy atom. The van der Waals surface area contributed by atoms with Crippen molar-refractivity contribution in [2.45, 2.75) is 6.92 Å². The molecular weight excluding hydrogens is 259 g/mol. The standard InChI is InChI=1S/C16H11FOS/c1-10-5-6-15-13(7-10)14(18)9-16(19-15)11-3-2-4-12(17)8-11/h2-9H,1H3. The highest BCUT2D eigenvalue weighted by molar-refractivity contribution is 7.21. The zero-order valence-electron chi connectivity index (χ0n) is 10.3. The summed E-state index contributed by atoms with van der Waals surface area (Å²) in [6.45, 7) is 1.96. The summed E-state index contributed by atoms with van der Waals surface area (Å²) in [5, 5.41) is 0.727. The van der Waals surface area contributed by atoms with E-state index in [-0.39, 0.29) is 11.2 Å². The van der Waals surface area contributed by atoms with Gasteiger partial charge in [0.1, 0.15) is 5.82 Å². The van der Waals surface area contributed by atoms with E-state index < -0.39 is 0 Å². The Balaban J connectivity index is 2.27. The van der Waals surface area contributed by atoms with Crippen LogP contribution in [0.1, 0.15) is 5.56 Å². The van der Waals surface area contributed by atoms with Crippen molar-refractivity contribution < 1.29 is 4.39 Å². The third-order valence-corrected chi connectivity index (χ3v) is 4.14. The summed E-state index contributed by atoms with van der Waals surface area (Å²) < 4.78 is 14.2. The summed E-state index contributed by atoms with van der Waals surface area (Å²) in [6.07, 6.45) is 0. The number of aryl methyl sites for hydroxylation is 1. The van der Waals surface area contributed by atoms with Crippen LogP contribution >= 0.6 is 11.3 Å². The molecule has 0 radical (unpaired) electrons. The fourth-order valence-corrected chi connectivity index (χ4v) is 3.11. The van der Waals surface area contributed by atoms with E-state index in [1.54, 1.807) is 12.1 Å². The fraction of sp³-hybridized carbons (Fsp3) is 0.0625. The van der Waals surface area contributed by atoms with Crippen LogP contribution < -0.4 is 5.43 Å². The molecule has 0 aliphatic carbocycles. The van der Waals surface area contributed by atoms with Crippen molar-refractivity contribution >= 4 is 21.4 Å². The molecule has 2 aromatic carbocycles. The maximum Gasteiger partial charge on any atom is 0.188 e. The molecule has 3 aromatic rings. The molecule has 1 aromatic heterocycles. The van der Waals surface area contributed by atoms with Gasteiger partial charge in [-0.15, -0.1) is 11.3 Å². The first kappa shape index (κ1) is 12.1. The highest BCUT2D eigenvalue weighted by Crippen LogP contribution is 2.28.